The van der Waals surface area contributed by atoms with Crippen LogP contribution in [0.4, 0.5) is 4.39 Å². The van der Waals surface area contributed by atoms with E-state index in [1.807, 2.05) is 6.92 Å². The van der Waals surface area contributed by atoms with Gasteiger partial charge < -0.3 is 4.74 Å². The van der Waals surface area contributed by atoms with Crippen LogP contribution in [0.15, 0.2) is 41.3 Å². The van der Waals surface area contributed by atoms with Crippen LogP contribution in [0.1, 0.15) is 21.5 Å². The maximum absolute atomic E-state index is 13.3. The first-order valence-corrected chi connectivity index (χ1v) is 8.23. The number of esters is 1. The number of nitrogens with two attached hydrogens (primary N) is 1. The largest absolute Gasteiger partial charge is 0.465 e. The molecule has 0 saturated heterocycles. The lowest BCUT2D eigenvalue weighted by Gasteiger charge is -2.13. The Balaban J connectivity index is 2.79. The zero-order chi connectivity index (χ0) is 17.2. The number of rotatable bonds is 4. The molecule has 2 N–H and O–H groups in total. The zero-order valence-corrected chi connectivity index (χ0v) is 13.5. The van der Waals surface area contributed by atoms with Crippen molar-refractivity contribution in [3.05, 3.63) is 53.1 Å². The Bertz CT molecular complexity index is 845. The Morgan fingerprint density at radius 3 is 2.30 bits per heavy atom. The number of halogens is 1. The van der Waals surface area contributed by atoms with E-state index >= 15 is 0 Å². The summed E-state index contributed by atoms with van der Waals surface area (Å²) in [5.74, 6) is -0.821. The lowest BCUT2D eigenvalue weighted by atomic mass is 9.98. The molecule has 0 spiro atoms. The third-order valence-electron chi connectivity index (χ3n) is 3.42. The van der Waals surface area contributed by atoms with Crippen LogP contribution in [0.5, 0.6) is 0 Å². The van der Waals surface area contributed by atoms with Crippen molar-refractivity contribution in [2.24, 2.45) is 5.14 Å². The van der Waals surface area contributed by atoms with Crippen molar-refractivity contribution >= 4 is 16.0 Å². The molecule has 5 nitrogen and oxygen atoms in total. The molecule has 0 unspecified atom stereocenters. The fourth-order valence-corrected chi connectivity index (χ4v) is 2.99. The summed E-state index contributed by atoms with van der Waals surface area (Å²) in [7, 11) is -2.98. The fourth-order valence-electron chi connectivity index (χ4n) is 2.23. The van der Waals surface area contributed by atoms with Crippen molar-refractivity contribution in [2.45, 2.75) is 18.5 Å². The number of hydrogen-bond acceptors (Lipinski definition) is 4. The molecular formula is C16H16FNO4S. The first-order valence-electron chi connectivity index (χ1n) is 6.69. The van der Waals surface area contributed by atoms with Crippen LogP contribution in [-0.4, -0.2) is 21.5 Å². The van der Waals surface area contributed by atoms with Gasteiger partial charge in [0.05, 0.1) is 17.6 Å². The smallest absolute Gasteiger partial charge is 0.338 e. The molecule has 7 heteroatoms. The Morgan fingerprint density at radius 2 is 1.83 bits per heavy atom. The molecule has 0 aliphatic rings. The molecule has 0 radical (unpaired) electrons. The average molecular weight is 337 g/mol. The molecule has 0 atom stereocenters. The third kappa shape index (κ3) is 3.57. The number of primary sulfonamides is 1. The number of methoxy groups -OCH3 is 1. The molecule has 0 fully saturated rings. The number of aryl methyl sites for hydroxylation is 1. The minimum Gasteiger partial charge on any atom is -0.465 e. The number of hydrogen-bond donors (Lipinski definition) is 1. The van der Waals surface area contributed by atoms with Gasteiger partial charge in [0.25, 0.3) is 0 Å². The van der Waals surface area contributed by atoms with Gasteiger partial charge in [0.1, 0.15) is 6.67 Å². The van der Waals surface area contributed by atoms with E-state index in [-0.39, 0.29) is 21.6 Å². The number of carbonyl (C=O) groups is 1. The molecule has 0 bridgehead atoms. The summed E-state index contributed by atoms with van der Waals surface area (Å²) >= 11 is 0. The van der Waals surface area contributed by atoms with Gasteiger partial charge in [-0.2, -0.15) is 0 Å². The van der Waals surface area contributed by atoms with Crippen molar-refractivity contribution < 1.29 is 22.3 Å². The maximum Gasteiger partial charge on any atom is 0.338 e. The normalized spacial score (nSPS) is 11.3. The highest BCUT2D eigenvalue weighted by atomic mass is 32.2. The van der Waals surface area contributed by atoms with E-state index in [0.717, 1.165) is 18.7 Å². The van der Waals surface area contributed by atoms with Gasteiger partial charge in [-0.05, 0) is 30.2 Å². The van der Waals surface area contributed by atoms with Crippen LogP contribution >= 0.6 is 0 Å². The minimum absolute atomic E-state index is 0.0415. The Hall–Kier alpha value is -2.25. The van der Waals surface area contributed by atoms with E-state index in [1.54, 1.807) is 24.3 Å². The molecule has 23 heavy (non-hydrogen) atoms. The molecule has 0 aromatic heterocycles. The topological polar surface area (TPSA) is 86.5 Å². The first-order chi connectivity index (χ1) is 10.8. The van der Waals surface area contributed by atoms with Crippen LogP contribution in [0.3, 0.4) is 0 Å². The number of ether oxygens (including phenoxy) is 1. The van der Waals surface area contributed by atoms with E-state index in [4.69, 9.17) is 5.14 Å². The van der Waals surface area contributed by atoms with Gasteiger partial charge in [-0.15, -0.1) is 0 Å². The van der Waals surface area contributed by atoms with Crippen molar-refractivity contribution in [1.82, 2.24) is 0 Å². The second kappa shape index (κ2) is 6.47. The summed E-state index contributed by atoms with van der Waals surface area (Å²) in [5.41, 5.74) is 1.68. The number of benzene rings is 2. The second-order valence-electron chi connectivity index (χ2n) is 5.04. The standard InChI is InChI=1S/C16H16FNO4S/c1-10-3-5-11(6-4-10)13-7-12(9-17)14(16(19)22-2)8-15(13)23(18,20)21/h3-8H,9H2,1-2H3,(H2,18,20,21). The third-order valence-corrected chi connectivity index (χ3v) is 4.37. The van der Waals surface area contributed by atoms with Crippen molar-refractivity contribution in [1.29, 1.82) is 0 Å². The van der Waals surface area contributed by atoms with E-state index < -0.39 is 22.7 Å². The van der Waals surface area contributed by atoms with Crippen LogP contribution in [0.2, 0.25) is 0 Å². The van der Waals surface area contributed by atoms with Crippen LogP contribution < -0.4 is 5.14 Å². The van der Waals surface area contributed by atoms with E-state index in [9.17, 15) is 17.6 Å². The van der Waals surface area contributed by atoms with Gasteiger partial charge in [-0.1, -0.05) is 29.8 Å². The van der Waals surface area contributed by atoms with Gasteiger partial charge in [-0.3, -0.25) is 0 Å². The van der Waals surface area contributed by atoms with Gasteiger partial charge in [0, 0.05) is 5.56 Å². The molecule has 2 aromatic rings. The van der Waals surface area contributed by atoms with Crippen molar-refractivity contribution in [2.75, 3.05) is 7.11 Å². The monoisotopic (exact) mass is 337 g/mol. The molecular weight excluding hydrogens is 321 g/mol. The fraction of sp³-hybridized carbons (Fsp3) is 0.188. The van der Waals surface area contributed by atoms with Crippen molar-refractivity contribution in [3.63, 3.8) is 0 Å². The Morgan fingerprint density at radius 1 is 1.22 bits per heavy atom. The summed E-state index contributed by atoms with van der Waals surface area (Å²) in [5, 5.41) is 5.25. The molecule has 0 heterocycles. The molecule has 2 aromatic carbocycles. The molecule has 0 saturated carbocycles. The van der Waals surface area contributed by atoms with Gasteiger partial charge in [0.15, 0.2) is 0 Å². The molecule has 122 valence electrons. The number of alkyl halides is 1. The van der Waals surface area contributed by atoms with Crippen LogP contribution in [-0.2, 0) is 21.4 Å². The molecule has 0 aliphatic carbocycles. The highest BCUT2D eigenvalue weighted by molar-refractivity contribution is 7.89. The predicted molar refractivity (Wildman–Crippen MR) is 84.1 cm³/mol. The number of sulfonamides is 1. The van der Waals surface area contributed by atoms with E-state index in [2.05, 4.69) is 4.74 Å². The summed E-state index contributed by atoms with van der Waals surface area (Å²) < 4.78 is 41.6. The lowest BCUT2D eigenvalue weighted by Crippen LogP contribution is -2.16. The Labute approximate surface area is 133 Å². The highest BCUT2D eigenvalue weighted by Gasteiger charge is 2.22. The predicted octanol–water partition coefficient (Wildman–Crippen LogP) is 2.57. The summed E-state index contributed by atoms with van der Waals surface area (Å²) in [4.78, 5) is 11.5. The highest BCUT2D eigenvalue weighted by Crippen LogP contribution is 2.31. The van der Waals surface area contributed by atoms with E-state index in [0.29, 0.717) is 5.56 Å². The van der Waals surface area contributed by atoms with Gasteiger partial charge in [0.2, 0.25) is 10.0 Å². The van der Waals surface area contributed by atoms with Crippen LogP contribution in [0.25, 0.3) is 11.1 Å². The molecule has 0 aliphatic heterocycles. The van der Waals surface area contributed by atoms with Crippen LogP contribution in [0, 0.1) is 6.92 Å². The maximum atomic E-state index is 13.3. The van der Waals surface area contributed by atoms with Crippen molar-refractivity contribution in [3.8, 4) is 11.1 Å². The molecule has 0 amide bonds. The lowest BCUT2D eigenvalue weighted by molar-refractivity contribution is 0.0598. The average Bonchev–Trinajstić information content (AvgIpc) is 2.52. The minimum atomic E-state index is -4.11. The molecule has 2 rings (SSSR count). The van der Waals surface area contributed by atoms with Gasteiger partial charge in [-0.25, -0.2) is 22.7 Å². The second-order valence-corrected chi connectivity index (χ2v) is 6.57. The Kier molecular flexibility index (Phi) is 4.82. The van der Waals surface area contributed by atoms with E-state index in [1.165, 1.54) is 6.07 Å². The van der Waals surface area contributed by atoms with Gasteiger partial charge >= 0.3 is 5.97 Å². The summed E-state index contributed by atoms with van der Waals surface area (Å²) in [6.07, 6.45) is 0. The SMILES string of the molecule is COC(=O)c1cc(S(N)(=O)=O)c(-c2ccc(C)cc2)cc1CF. The summed E-state index contributed by atoms with van der Waals surface area (Å²) in [6.45, 7) is 0.950. The quantitative estimate of drug-likeness (QED) is 0.869. The zero-order valence-electron chi connectivity index (χ0n) is 12.7. The number of carbonyl (C=O) groups excluding carboxylic acids is 1. The summed E-state index contributed by atoms with van der Waals surface area (Å²) in [6, 6.07) is 9.39. The first kappa shape index (κ1) is 17.1.